The van der Waals surface area contributed by atoms with Gasteiger partial charge in [0.15, 0.2) is 0 Å². The Bertz CT molecular complexity index is 534. The van der Waals surface area contributed by atoms with Crippen LogP contribution in [0.3, 0.4) is 0 Å². The number of benzene rings is 1. The maximum absolute atomic E-state index is 11.7. The van der Waals surface area contributed by atoms with E-state index in [0.717, 1.165) is 0 Å². The van der Waals surface area contributed by atoms with Gasteiger partial charge in [0.1, 0.15) is 6.07 Å². The molecule has 1 aromatic carbocycles. The van der Waals surface area contributed by atoms with E-state index in [1.54, 1.807) is 14.1 Å². The normalized spacial score (nSPS) is 11.4. The lowest BCUT2D eigenvalue weighted by Crippen LogP contribution is -2.36. The third-order valence-corrected chi connectivity index (χ3v) is 3.47. The minimum absolute atomic E-state index is 0.0187. The number of sulfonamides is 1. The molecule has 16 heavy (non-hydrogen) atoms. The summed E-state index contributed by atoms with van der Waals surface area (Å²) in [6.45, 7) is 0. The van der Waals surface area contributed by atoms with E-state index < -0.39 is 10.0 Å². The minimum Gasteiger partial charge on any atom is -0.237 e. The molecular weight excluding hydrogens is 250 g/mol. The molecule has 0 saturated heterocycles. The van der Waals surface area contributed by atoms with Crippen LogP contribution in [0, 0.1) is 11.3 Å². The Kier molecular flexibility index (Phi) is 3.88. The monoisotopic (exact) mass is 259 g/mol. The second kappa shape index (κ2) is 4.80. The van der Waals surface area contributed by atoms with Crippen LogP contribution in [0.25, 0.3) is 0 Å². The van der Waals surface area contributed by atoms with Crippen molar-refractivity contribution in [1.82, 2.24) is 9.84 Å². The van der Waals surface area contributed by atoms with Crippen LogP contribution in [-0.2, 0) is 10.0 Å². The second-order valence-electron chi connectivity index (χ2n) is 3.24. The highest BCUT2D eigenvalue weighted by atomic mass is 35.5. The summed E-state index contributed by atoms with van der Waals surface area (Å²) in [5, 5.41) is 10.1. The average Bonchev–Trinajstić information content (AvgIpc) is 2.15. The molecule has 0 unspecified atom stereocenters. The van der Waals surface area contributed by atoms with E-state index in [9.17, 15) is 8.42 Å². The van der Waals surface area contributed by atoms with Crippen LogP contribution < -0.4 is 4.83 Å². The summed E-state index contributed by atoms with van der Waals surface area (Å²) in [6, 6.07) is 5.80. The van der Waals surface area contributed by atoms with Gasteiger partial charge in [-0.15, -0.1) is 4.83 Å². The van der Waals surface area contributed by atoms with Gasteiger partial charge in [-0.25, -0.2) is 13.4 Å². The van der Waals surface area contributed by atoms with Gasteiger partial charge in [-0.1, -0.05) is 11.6 Å². The van der Waals surface area contributed by atoms with E-state index in [1.165, 1.54) is 23.2 Å². The summed E-state index contributed by atoms with van der Waals surface area (Å²) in [5.41, 5.74) is 0.241. The maximum atomic E-state index is 11.7. The van der Waals surface area contributed by atoms with Crippen molar-refractivity contribution >= 4 is 21.6 Å². The molecule has 0 spiro atoms. The fourth-order valence-electron chi connectivity index (χ4n) is 1.05. The Balaban J connectivity index is 3.17. The van der Waals surface area contributed by atoms with Gasteiger partial charge < -0.3 is 0 Å². The highest BCUT2D eigenvalue weighted by Crippen LogP contribution is 2.19. The van der Waals surface area contributed by atoms with Gasteiger partial charge in [-0.3, -0.25) is 0 Å². The number of nitrogens with zero attached hydrogens (tertiary/aromatic N) is 2. The molecule has 0 bridgehead atoms. The lowest BCUT2D eigenvalue weighted by Gasteiger charge is -2.12. The molecule has 0 heterocycles. The molecule has 0 aliphatic carbocycles. The smallest absolute Gasteiger partial charge is 0.237 e. The molecule has 5 nitrogen and oxygen atoms in total. The average molecular weight is 260 g/mol. The fraction of sp³-hybridized carbons (Fsp3) is 0.222. The summed E-state index contributed by atoms with van der Waals surface area (Å²) in [6.07, 6.45) is 0. The molecule has 0 aliphatic rings. The van der Waals surface area contributed by atoms with Gasteiger partial charge >= 0.3 is 0 Å². The Labute approximate surface area is 99.3 Å². The molecule has 86 valence electrons. The minimum atomic E-state index is -3.62. The number of nitriles is 1. The van der Waals surface area contributed by atoms with Crippen molar-refractivity contribution in [1.29, 1.82) is 5.26 Å². The molecule has 1 rings (SSSR count). The molecule has 0 saturated carbocycles. The highest BCUT2D eigenvalue weighted by Gasteiger charge is 2.16. The van der Waals surface area contributed by atoms with Crippen LogP contribution in [-0.4, -0.2) is 27.5 Å². The van der Waals surface area contributed by atoms with Crippen molar-refractivity contribution in [2.45, 2.75) is 4.90 Å². The van der Waals surface area contributed by atoms with E-state index in [1.807, 2.05) is 6.07 Å². The van der Waals surface area contributed by atoms with Crippen LogP contribution in [0.15, 0.2) is 23.1 Å². The number of nitrogens with one attached hydrogen (secondary N) is 1. The SMILES string of the molecule is CN(C)NS(=O)(=O)c1ccc(C#N)c(Cl)c1. The number of rotatable bonds is 3. The Morgan fingerprint density at radius 2 is 2.06 bits per heavy atom. The first kappa shape index (κ1) is 12.9. The maximum Gasteiger partial charge on any atom is 0.253 e. The first-order valence-corrected chi connectivity index (χ1v) is 6.12. The Hall–Kier alpha value is -1.13. The van der Waals surface area contributed by atoms with Crippen molar-refractivity contribution in [3.8, 4) is 6.07 Å². The van der Waals surface area contributed by atoms with Gasteiger partial charge in [0.05, 0.1) is 15.5 Å². The molecule has 7 heteroatoms. The summed E-state index contributed by atoms with van der Waals surface area (Å²) >= 11 is 5.74. The first-order chi connectivity index (χ1) is 7.36. The Morgan fingerprint density at radius 1 is 1.44 bits per heavy atom. The van der Waals surface area contributed by atoms with Crippen molar-refractivity contribution in [2.24, 2.45) is 0 Å². The quantitative estimate of drug-likeness (QED) is 0.821. The molecule has 1 N–H and O–H groups in total. The first-order valence-electron chi connectivity index (χ1n) is 4.26. The fourth-order valence-corrected chi connectivity index (χ4v) is 2.44. The standard InChI is InChI=1S/C9H10ClN3O2S/c1-13(2)12-16(14,15)8-4-3-7(6-11)9(10)5-8/h3-5,12H,1-2H3. The topological polar surface area (TPSA) is 73.2 Å². The molecule has 0 amide bonds. The van der Waals surface area contributed by atoms with Crippen molar-refractivity contribution in [3.05, 3.63) is 28.8 Å². The summed E-state index contributed by atoms with van der Waals surface area (Å²) in [5.74, 6) is 0. The van der Waals surface area contributed by atoms with Gasteiger partial charge in [0.25, 0.3) is 10.0 Å². The highest BCUT2D eigenvalue weighted by molar-refractivity contribution is 7.89. The number of hydrazine groups is 1. The van der Waals surface area contributed by atoms with Crippen molar-refractivity contribution in [2.75, 3.05) is 14.1 Å². The van der Waals surface area contributed by atoms with Gasteiger partial charge in [-0.2, -0.15) is 5.26 Å². The third-order valence-electron chi connectivity index (χ3n) is 1.67. The van der Waals surface area contributed by atoms with E-state index in [4.69, 9.17) is 16.9 Å². The van der Waals surface area contributed by atoms with Crippen LogP contribution in [0.2, 0.25) is 5.02 Å². The zero-order valence-corrected chi connectivity index (χ0v) is 10.3. The molecule has 0 atom stereocenters. The van der Waals surface area contributed by atoms with Gasteiger partial charge in [0.2, 0.25) is 0 Å². The van der Waals surface area contributed by atoms with E-state index in [0.29, 0.717) is 0 Å². The second-order valence-corrected chi connectivity index (χ2v) is 5.31. The third kappa shape index (κ3) is 2.93. The molecule has 0 aromatic heterocycles. The predicted octanol–water partition coefficient (Wildman–Crippen LogP) is 0.967. The van der Waals surface area contributed by atoms with Crippen LogP contribution in [0.5, 0.6) is 0 Å². The van der Waals surface area contributed by atoms with Gasteiger partial charge in [-0.05, 0) is 18.2 Å². The van der Waals surface area contributed by atoms with Crippen LogP contribution in [0.1, 0.15) is 5.56 Å². The lowest BCUT2D eigenvalue weighted by molar-refractivity contribution is 0.364. The summed E-state index contributed by atoms with van der Waals surface area (Å²) in [4.78, 5) is 2.28. The Morgan fingerprint density at radius 3 is 2.50 bits per heavy atom. The van der Waals surface area contributed by atoms with Crippen LogP contribution >= 0.6 is 11.6 Å². The van der Waals surface area contributed by atoms with E-state index >= 15 is 0 Å². The number of hydrogen-bond donors (Lipinski definition) is 1. The van der Waals surface area contributed by atoms with Crippen LogP contribution in [0.4, 0.5) is 0 Å². The van der Waals surface area contributed by atoms with E-state index in [2.05, 4.69) is 4.83 Å². The predicted molar refractivity (Wildman–Crippen MR) is 60.2 cm³/mol. The molecule has 0 aliphatic heterocycles. The van der Waals surface area contributed by atoms with Crippen molar-refractivity contribution < 1.29 is 8.42 Å². The molecule has 0 radical (unpaired) electrons. The molecular formula is C9H10ClN3O2S. The molecule has 1 aromatic rings. The van der Waals surface area contributed by atoms with E-state index in [-0.39, 0.29) is 15.5 Å². The number of hydrogen-bond acceptors (Lipinski definition) is 4. The largest absolute Gasteiger partial charge is 0.253 e. The summed E-state index contributed by atoms with van der Waals surface area (Å²) < 4.78 is 23.4. The summed E-state index contributed by atoms with van der Waals surface area (Å²) in [7, 11) is -0.508. The number of halogens is 1. The van der Waals surface area contributed by atoms with Crippen molar-refractivity contribution in [3.63, 3.8) is 0 Å². The zero-order chi connectivity index (χ0) is 12.3. The molecule has 0 fully saturated rings. The van der Waals surface area contributed by atoms with Gasteiger partial charge in [0, 0.05) is 14.1 Å². The zero-order valence-electron chi connectivity index (χ0n) is 8.73. The lowest BCUT2D eigenvalue weighted by atomic mass is 10.2.